The molecule has 2 rings (SSSR count). The van der Waals surface area contributed by atoms with Gasteiger partial charge in [0.25, 0.3) is 0 Å². The van der Waals surface area contributed by atoms with Crippen LogP contribution in [0.25, 0.3) is 0 Å². The summed E-state index contributed by atoms with van der Waals surface area (Å²) in [7, 11) is 1.85. The quantitative estimate of drug-likeness (QED) is 0.741. The molecule has 0 N–H and O–H groups in total. The van der Waals surface area contributed by atoms with Gasteiger partial charge in [-0.1, -0.05) is 12.1 Å². The second-order valence-corrected chi connectivity index (χ2v) is 4.05. The first-order valence-corrected chi connectivity index (χ1v) is 5.56. The lowest BCUT2D eigenvalue weighted by Gasteiger charge is -2.03. The van der Waals surface area contributed by atoms with Gasteiger partial charge in [-0.25, -0.2) is 4.39 Å². The van der Waals surface area contributed by atoms with Crippen LogP contribution in [0.1, 0.15) is 22.5 Å². The van der Waals surface area contributed by atoms with Crippen molar-refractivity contribution in [2.75, 3.05) is 0 Å². The molecule has 0 atom stereocenters. The number of halogens is 1. The monoisotopic (exact) mass is 231 g/mol. The Bertz CT molecular complexity index is 513. The molecule has 3 heteroatoms. The van der Waals surface area contributed by atoms with Gasteiger partial charge in [-0.05, 0) is 36.2 Å². The topological polar surface area (TPSA) is 22.0 Å². The van der Waals surface area contributed by atoms with Crippen LogP contribution in [-0.2, 0) is 13.5 Å². The van der Waals surface area contributed by atoms with Gasteiger partial charge in [0.15, 0.2) is 5.78 Å². The molecule has 1 aromatic carbocycles. The summed E-state index contributed by atoms with van der Waals surface area (Å²) >= 11 is 0. The number of Topliss-reactive ketones (excluding diaryl/α,β-unsaturated/α-hetero) is 1. The van der Waals surface area contributed by atoms with Crippen molar-refractivity contribution in [3.05, 3.63) is 59.7 Å². The molecule has 0 aliphatic rings. The number of carbonyl (C=O) groups is 1. The zero-order valence-electron chi connectivity index (χ0n) is 9.69. The molecule has 0 radical (unpaired) electrons. The van der Waals surface area contributed by atoms with Crippen molar-refractivity contribution in [1.29, 1.82) is 0 Å². The molecule has 0 saturated carbocycles. The predicted octanol–water partition coefficient (Wildman–Crippen LogP) is 2.98. The van der Waals surface area contributed by atoms with E-state index in [2.05, 4.69) is 0 Å². The minimum Gasteiger partial charge on any atom is -0.348 e. The molecule has 0 aliphatic heterocycles. The first-order chi connectivity index (χ1) is 8.16. The second-order valence-electron chi connectivity index (χ2n) is 4.05. The zero-order chi connectivity index (χ0) is 12.3. The summed E-state index contributed by atoms with van der Waals surface area (Å²) in [6.45, 7) is 0. The van der Waals surface area contributed by atoms with Gasteiger partial charge in [-0.2, -0.15) is 0 Å². The Balaban J connectivity index is 1.97. The summed E-state index contributed by atoms with van der Waals surface area (Å²) < 4.78 is 14.5. The molecule has 0 unspecified atom stereocenters. The molecule has 0 amide bonds. The van der Waals surface area contributed by atoms with Gasteiger partial charge in [0.2, 0.25) is 0 Å². The van der Waals surface area contributed by atoms with Gasteiger partial charge >= 0.3 is 0 Å². The van der Waals surface area contributed by atoms with E-state index in [1.54, 1.807) is 12.1 Å². The molecular formula is C14H14FNO. The summed E-state index contributed by atoms with van der Waals surface area (Å²) in [6.07, 6.45) is 2.94. The number of hydrogen-bond donors (Lipinski definition) is 0. The molecule has 1 aromatic heterocycles. The molecule has 0 aliphatic carbocycles. The molecule has 1 heterocycles. The average Bonchev–Trinajstić information content (AvgIpc) is 2.74. The van der Waals surface area contributed by atoms with Gasteiger partial charge in [0.1, 0.15) is 5.82 Å². The molecule has 88 valence electrons. The number of carbonyl (C=O) groups excluding carboxylic acids is 1. The van der Waals surface area contributed by atoms with Crippen molar-refractivity contribution in [2.45, 2.75) is 12.8 Å². The highest BCUT2D eigenvalue weighted by molar-refractivity contribution is 5.94. The van der Waals surface area contributed by atoms with Crippen LogP contribution in [0, 0.1) is 5.82 Å². The number of nitrogens with zero attached hydrogens (tertiary/aromatic N) is 1. The smallest absolute Gasteiger partial charge is 0.179 e. The molecule has 2 nitrogen and oxygen atoms in total. The van der Waals surface area contributed by atoms with Crippen molar-refractivity contribution in [1.82, 2.24) is 4.57 Å². The molecule has 0 saturated heterocycles. The van der Waals surface area contributed by atoms with Crippen molar-refractivity contribution in [3.8, 4) is 0 Å². The summed E-state index contributed by atoms with van der Waals surface area (Å²) in [5.41, 5.74) is 1.70. The van der Waals surface area contributed by atoms with Crippen LogP contribution in [0.15, 0.2) is 42.6 Å². The summed E-state index contributed by atoms with van der Waals surface area (Å²) in [4.78, 5) is 11.9. The zero-order valence-corrected chi connectivity index (χ0v) is 9.69. The highest BCUT2D eigenvalue weighted by atomic mass is 19.1. The van der Waals surface area contributed by atoms with E-state index in [9.17, 15) is 9.18 Å². The molecule has 0 fully saturated rings. The van der Waals surface area contributed by atoms with E-state index in [1.165, 1.54) is 12.1 Å². The number of rotatable bonds is 4. The van der Waals surface area contributed by atoms with Crippen molar-refractivity contribution in [3.63, 3.8) is 0 Å². The van der Waals surface area contributed by atoms with E-state index in [4.69, 9.17) is 0 Å². The maximum Gasteiger partial charge on any atom is 0.179 e. The average molecular weight is 231 g/mol. The van der Waals surface area contributed by atoms with Crippen LogP contribution < -0.4 is 0 Å². The Hall–Kier alpha value is -1.90. The third-order valence-electron chi connectivity index (χ3n) is 2.78. The van der Waals surface area contributed by atoms with Gasteiger partial charge in [0.05, 0.1) is 5.69 Å². The Morgan fingerprint density at radius 3 is 2.53 bits per heavy atom. The molecule has 0 bridgehead atoms. The van der Waals surface area contributed by atoms with Gasteiger partial charge < -0.3 is 4.57 Å². The van der Waals surface area contributed by atoms with E-state index in [-0.39, 0.29) is 11.6 Å². The predicted molar refractivity (Wildman–Crippen MR) is 64.5 cm³/mol. The Morgan fingerprint density at radius 1 is 1.24 bits per heavy atom. The van der Waals surface area contributed by atoms with Crippen molar-refractivity contribution >= 4 is 5.78 Å². The van der Waals surface area contributed by atoms with Crippen LogP contribution in [0.3, 0.4) is 0 Å². The Morgan fingerprint density at radius 2 is 1.94 bits per heavy atom. The van der Waals surface area contributed by atoms with Crippen LogP contribution >= 0.6 is 0 Å². The van der Waals surface area contributed by atoms with E-state index >= 15 is 0 Å². The Kier molecular flexibility index (Phi) is 3.38. The molecule has 17 heavy (non-hydrogen) atoms. The number of aromatic nitrogens is 1. The first-order valence-electron chi connectivity index (χ1n) is 5.56. The maximum atomic E-state index is 12.7. The molecule has 2 aromatic rings. The highest BCUT2D eigenvalue weighted by Crippen LogP contribution is 2.09. The van der Waals surface area contributed by atoms with Crippen molar-refractivity contribution in [2.24, 2.45) is 7.05 Å². The standard InChI is InChI=1S/C14H14FNO/c1-16-10-2-3-13(16)14(17)9-6-11-4-7-12(15)8-5-11/h2-5,7-8,10H,6,9H2,1H3. The van der Waals surface area contributed by atoms with E-state index in [0.717, 1.165) is 5.56 Å². The Labute approximate surface area is 99.7 Å². The summed E-state index contributed by atoms with van der Waals surface area (Å²) in [6, 6.07) is 9.93. The van der Waals surface area contributed by atoms with Crippen LogP contribution in [0.5, 0.6) is 0 Å². The maximum absolute atomic E-state index is 12.7. The van der Waals surface area contributed by atoms with Crippen LogP contribution in [-0.4, -0.2) is 10.4 Å². The summed E-state index contributed by atoms with van der Waals surface area (Å²) in [5, 5.41) is 0. The fourth-order valence-corrected chi connectivity index (χ4v) is 1.79. The van der Waals surface area contributed by atoms with Gasteiger partial charge in [0, 0.05) is 19.7 Å². The third kappa shape index (κ3) is 2.81. The number of hydrogen-bond acceptors (Lipinski definition) is 1. The third-order valence-corrected chi connectivity index (χ3v) is 2.78. The SMILES string of the molecule is Cn1cccc1C(=O)CCc1ccc(F)cc1. The second kappa shape index (κ2) is 4.95. The fraction of sp³-hybridized carbons (Fsp3) is 0.214. The first kappa shape index (κ1) is 11.6. The van der Waals surface area contributed by atoms with Gasteiger partial charge in [-0.3, -0.25) is 4.79 Å². The lowest BCUT2D eigenvalue weighted by Crippen LogP contribution is -2.06. The number of ketones is 1. The van der Waals surface area contributed by atoms with E-state index in [0.29, 0.717) is 18.5 Å². The largest absolute Gasteiger partial charge is 0.348 e. The molecule has 0 spiro atoms. The molecular weight excluding hydrogens is 217 g/mol. The highest BCUT2D eigenvalue weighted by Gasteiger charge is 2.08. The minimum absolute atomic E-state index is 0.113. The number of aryl methyl sites for hydroxylation is 2. The van der Waals surface area contributed by atoms with Crippen LogP contribution in [0.4, 0.5) is 4.39 Å². The van der Waals surface area contributed by atoms with Crippen molar-refractivity contribution < 1.29 is 9.18 Å². The van der Waals surface area contributed by atoms with E-state index in [1.807, 2.05) is 29.9 Å². The summed E-state index contributed by atoms with van der Waals surface area (Å²) in [5.74, 6) is -0.135. The van der Waals surface area contributed by atoms with Gasteiger partial charge in [-0.15, -0.1) is 0 Å². The number of benzene rings is 1. The van der Waals surface area contributed by atoms with E-state index < -0.39 is 0 Å². The van der Waals surface area contributed by atoms with Crippen LogP contribution in [0.2, 0.25) is 0 Å². The normalized spacial score (nSPS) is 10.5. The fourth-order valence-electron chi connectivity index (χ4n) is 1.79. The lowest BCUT2D eigenvalue weighted by molar-refractivity contribution is 0.0975. The minimum atomic E-state index is -0.248. The lowest BCUT2D eigenvalue weighted by atomic mass is 10.1.